The number of anilines is 1. The van der Waals surface area contributed by atoms with Crippen molar-refractivity contribution >= 4 is 28.4 Å². The molecule has 29 heavy (non-hydrogen) atoms. The van der Waals surface area contributed by atoms with E-state index in [-0.39, 0.29) is 11.6 Å². The number of H-pyrrole nitrogens is 1. The quantitative estimate of drug-likeness (QED) is 0.463. The summed E-state index contributed by atoms with van der Waals surface area (Å²) in [6.45, 7) is 3.30. The summed E-state index contributed by atoms with van der Waals surface area (Å²) in [5.41, 5.74) is 3.11. The van der Waals surface area contributed by atoms with Crippen LogP contribution in [0, 0.1) is 0 Å². The molecule has 0 aliphatic heterocycles. The number of rotatable bonds is 6. The summed E-state index contributed by atoms with van der Waals surface area (Å²) < 4.78 is 26.3. The minimum Gasteiger partial charge on any atom is -0.352 e. The maximum Gasteiger partial charge on any atom is 0.255 e. The van der Waals surface area contributed by atoms with E-state index in [1.54, 1.807) is 18.5 Å². The van der Waals surface area contributed by atoms with Crippen molar-refractivity contribution in [2.75, 3.05) is 11.9 Å². The van der Waals surface area contributed by atoms with Gasteiger partial charge in [-0.1, -0.05) is 0 Å². The lowest BCUT2D eigenvalue weighted by atomic mass is 10.1. The van der Waals surface area contributed by atoms with E-state index in [1.807, 2.05) is 26.1 Å². The second-order valence-electron chi connectivity index (χ2n) is 6.86. The number of nitrogens with one attached hydrogen (secondary N) is 3. The molecule has 0 bridgehead atoms. The van der Waals surface area contributed by atoms with Gasteiger partial charge in [0.1, 0.15) is 5.65 Å². The van der Waals surface area contributed by atoms with Crippen LogP contribution in [-0.4, -0.2) is 49.5 Å². The Hall–Kier alpha value is -3.56. The summed E-state index contributed by atoms with van der Waals surface area (Å²) in [6.07, 6.45) is 4.01. The molecular weight excluding hydrogens is 380 g/mol. The molecule has 0 fully saturated rings. The number of pyridine rings is 1. The van der Waals surface area contributed by atoms with Gasteiger partial charge in [0.25, 0.3) is 12.3 Å². The van der Waals surface area contributed by atoms with Gasteiger partial charge in [-0.05, 0) is 31.5 Å². The second-order valence-corrected chi connectivity index (χ2v) is 6.86. The number of carbonyl (C=O) groups excluding carboxylic acids is 1. The minimum absolute atomic E-state index is 0.209. The van der Waals surface area contributed by atoms with Crippen molar-refractivity contribution in [3.05, 3.63) is 42.5 Å². The summed E-state index contributed by atoms with van der Waals surface area (Å²) >= 11 is 0. The molecule has 10 heteroatoms. The van der Waals surface area contributed by atoms with E-state index < -0.39 is 18.9 Å². The van der Waals surface area contributed by atoms with Crippen LogP contribution in [0.5, 0.6) is 0 Å². The van der Waals surface area contributed by atoms with Gasteiger partial charge in [0.15, 0.2) is 0 Å². The van der Waals surface area contributed by atoms with Gasteiger partial charge in [0.05, 0.1) is 23.8 Å². The van der Waals surface area contributed by atoms with Gasteiger partial charge < -0.3 is 15.6 Å². The van der Waals surface area contributed by atoms with Crippen LogP contribution in [0.25, 0.3) is 27.7 Å². The molecule has 0 saturated heterocycles. The van der Waals surface area contributed by atoms with Crippen LogP contribution in [0.2, 0.25) is 0 Å². The Morgan fingerprint density at radius 1 is 1.31 bits per heavy atom. The maximum absolute atomic E-state index is 12.4. The van der Waals surface area contributed by atoms with Crippen LogP contribution < -0.4 is 10.6 Å². The summed E-state index contributed by atoms with van der Waals surface area (Å²) in [7, 11) is 0. The fourth-order valence-electron chi connectivity index (χ4n) is 3.06. The molecule has 0 saturated carbocycles. The SMILES string of the molecule is CC(C)Nc1ncc2c(-c3ccn4ncc(C(=O)NCC(F)F)c4c3)c[nH]c2n1. The first-order valence-electron chi connectivity index (χ1n) is 9.07. The smallest absolute Gasteiger partial charge is 0.255 e. The number of nitrogens with zero attached hydrogens (tertiary/aromatic N) is 4. The molecule has 4 aromatic rings. The number of alkyl halides is 2. The molecule has 150 valence electrons. The van der Waals surface area contributed by atoms with Crippen molar-refractivity contribution in [3.8, 4) is 11.1 Å². The predicted octanol–water partition coefficient (Wildman–Crippen LogP) is 3.09. The normalized spacial score (nSPS) is 11.7. The molecule has 3 N–H and O–H groups in total. The van der Waals surface area contributed by atoms with Crippen molar-refractivity contribution in [1.82, 2.24) is 29.9 Å². The Morgan fingerprint density at radius 2 is 2.14 bits per heavy atom. The van der Waals surface area contributed by atoms with E-state index in [0.29, 0.717) is 17.1 Å². The Kier molecular flexibility index (Phi) is 4.83. The van der Waals surface area contributed by atoms with Gasteiger partial charge in [0.2, 0.25) is 5.95 Å². The first kappa shape index (κ1) is 18.8. The number of aromatic amines is 1. The van der Waals surface area contributed by atoms with E-state index in [2.05, 4.69) is 30.7 Å². The third-order valence-corrected chi connectivity index (χ3v) is 4.34. The lowest BCUT2D eigenvalue weighted by Gasteiger charge is -2.07. The second kappa shape index (κ2) is 7.46. The van der Waals surface area contributed by atoms with Crippen molar-refractivity contribution < 1.29 is 13.6 Å². The van der Waals surface area contributed by atoms with E-state index in [0.717, 1.165) is 16.5 Å². The highest BCUT2D eigenvalue weighted by molar-refractivity contribution is 6.02. The Morgan fingerprint density at radius 3 is 2.90 bits per heavy atom. The van der Waals surface area contributed by atoms with Gasteiger partial charge >= 0.3 is 0 Å². The van der Waals surface area contributed by atoms with Gasteiger partial charge in [-0.2, -0.15) is 10.1 Å². The zero-order valence-electron chi connectivity index (χ0n) is 15.8. The lowest BCUT2D eigenvalue weighted by Crippen LogP contribution is -2.28. The molecule has 0 aromatic carbocycles. The minimum atomic E-state index is -2.61. The van der Waals surface area contributed by atoms with Crippen molar-refractivity contribution in [2.45, 2.75) is 26.3 Å². The highest BCUT2D eigenvalue weighted by Gasteiger charge is 2.16. The molecule has 0 atom stereocenters. The van der Waals surface area contributed by atoms with Crippen LogP contribution in [0.15, 0.2) is 36.9 Å². The number of halogens is 2. The van der Waals surface area contributed by atoms with E-state index in [1.165, 1.54) is 10.7 Å². The number of fused-ring (bicyclic) bond motifs is 2. The predicted molar refractivity (Wildman–Crippen MR) is 105 cm³/mol. The number of aromatic nitrogens is 5. The first-order valence-corrected chi connectivity index (χ1v) is 9.07. The van der Waals surface area contributed by atoms with Crippen molar-refractivity contribution in [3.63, 3.8) is 0 Å². The number of carbonyl (C=O) groups is 1. The summed E-state index contributed by atoms with van der Waals surface area (Å²) in [4.78, 5) is 24.2. The Bertz CT molecular complexity index is 1180. The number of amides is 1. The highest BCUT2D eigenvalue weighted by atomic mass is 19.3. The molecular formula is C19H19F2N7O. The van der Waals surface area contributed by atoms with Crippen LogP contribution in [0.3, 0.4) is 0 Å². The van der Waals surface area contributed by atoms with Crippen LogP contribution >= 0.6 is 0 Å². The fraction of sp³-hybridized carbons (Fsp3) is 0.263. The van der Waals surface area contributed by atoms with E-state index >= 15 is 0 Å². The molecule has 0 aliphatic carbocycles. The average Bonchev–Trinajstić information content (AvgIpc) is 3.28. The monoisotopic (exact) mass is 399 g/mol. The molecule has 0 aliphatic rings. The van der Waals surface area contributed by atoms with Crippen LogP contribution in [0.1, 0.15) is 24.2 Å². The molecule has 4 heterocycles. The summed E-state index contributed by atoms with van der Waals surface area (Å²) in [6, 6.07) is 3.84. The topological polar surface area (TPSA) is 100 Å². The molecule has 4 rings (SSSR count). The van der Waals surface area contributed by atoms with E-state index in [4.69, 9.17) is 0 Å². The van der Waals surface area contributed by atoms with Gasteiger partial charge in [-0.3, -0.25) is 4.79 Å². The van der Waals surface area contributed by atoms with Crippen LogP contribution in [0.4, 0.5) is 14.7 Å². The molecule has 4 aromatic heterocycles. The van der Waals surface area contributed by atoms with Crippen molar-refractivity contribution in [1.29, 1.82) is 0 Å². The molecule has 8 nitrogen and oxygen atoms in total. The molecule has 0 unspecified atom stereocenters. The van der Waals surface area contributed by atoms with Gasteiger partial charge in [-0.25, -0.2) is 18.3 Å². The van der Waals surface area contributed by atoms with Crippen molar-refractivity contribution in [2.24, 2.45) is 0 Å². The number of hydrogen-bond donors (Lipinski definition) is 3. The van der Waals surface area contributed by atoms with E-state index in [9.17, 15) is 13.6 Å². The van der Waals surface area contributed by atoms with Crippen LogP contribution in [-0.2, 0) is 0 Å². The fourth-order valence-corrected chi connectivity index (χ4v) is 3.06. The Labute approximate surface area is 164 Å². The summed E-state index contributed by atoms with van der Waals surface area (Å²) in [5, 5.41) is 10.3. The third-order valence-electron chi connectivity index (χ3n) is 4.34. The highest BCUT2D eigenvalue weighted by Crippen LogP contribution is 2.29. The maximum atomic E-state index is 12.4. The Balaban J connectivity index is 1.71. The number of hydrogen-bond acceptors (Lipinski definition) is 5. The largest absolute Gasteiger partial charge is 0.352 e. The lowest BCUT2D eigenvalue weighted by molar-refractivity contribution is 0.0893. The summed E-state index contributed by atoms with van der Waals surface area (Å²) in [5.74, 6) is -0.0609. The molecule has 0 radical (unpaired) electrons. The third kappa shape index (κ3) is 3.73. The van der Waals surface area contributed by atoms with Gasteiger partial charge in [-0.15, -0.1) is 0 Å². The zero-order valence-corrected chi connectivity index (χ0v) is 15.8. The van der Waals surface area contributed by atoms with Gasteiger partial charge in [0, 0.05) is 35.6 Å². The average molecular weight is 399 g/mol. The standard InChI is InChI=1S/C19H19F2N7O/c1-10(2)26-19-24-7-13-12(6-22-17(13)27-19)11-3-4-28-15(5-11)14(8-25-28)18(29)23-9-16(20)21/h3-8,10,16H,9H2,1-2H3,(H,23,29)(H2,22,24,26,27). The molecule has 0 spiro atoms. The molecule has 1 amide bonds. The zero-order chi connectivity index (χ0) is 20.5. The first-order chi connectivity index (χ1) is 13.9.